The molecule has 1 N–H and O–H groups in total. The summed E-state index contributed by atoms with van der Waals surface area (Å²) in [5, 5.41) is 3.53. The Balaban J connectivity index is 1.77. The van der Waals surface area contributed by atoms with Crippen LogP contribution >= 0.6 is 0 Å². The van der Waals surface area contributed by atoms with Crippen LogP contribution in [0.2, 0.25) is 0 Å². The summed E-state index contributed by atoms with van der Waals surface area (Å²) >= 11 is 0. The highest BCUT2D eigenvalue weighted by molar-refractivity contribution is 7.89. The van der Waals surface area contributed by atoms with E-state index in [1.54, 1.807) is 16.4 Å². The van der Waals surface area contributed by atoms with E-state index in [2.05, 4.69) is 10.2 Å². The lowest BCUT2D eigenvalue weighted by Crippen LogP contribution is -2.59. The molecule has 2 heterocycles. The molecule has 2 bridgehead atoms. The van der Waals surface area contributed by atoms with Crippen molar-refractivity contribution in [3.63, 3.8) is 0 Å². The molecule has 6 heteroatoms. The highest BCUT2D eigenvalue weighted by Crippen LogP contribution is 2.25. The molecule has 1 aromatic rings. The van der Waals surface area contributed by atoms with Gasteiger partial charge in [-0.15, -0.1) is 0 Å². The molecule has 0 aromatic heterocycles. The van der Waals surface area contributed by atoms with Crippen LogP contribution in [0.4, 0.5) is 0 Å². The van der Waals surface area contributed by atoms with Gasteiger partial charge in [0.05, 0.1) is 4.90 Å². The average molecular weight is 323 g/mol. The highest BCUT2D eigenvalue weighted by atomic mass is 32.2. The van der Waals surface area contributed by atoms with Crippen molar-refractivity contribution in [3.8, 4) is 0 Å². The molecule has 2 atom stereocenters. The minimum absolute atomic E-state index is 0.315. The number of fused-ring (bicyclic) bond motifs is 2. The monoisotopic (exact) mass is 323 g/mol. The third-order valence-electron chi connectivity index (χ3n) is 4.48. The molecule has 0 spiro atoms. The van der Waals surface area contributed by atoms with Crippen LogP contribution in [-0.2, 0) is 16.6 Å². The van der Waals surface area contributed by atoms with Gasteiger partial charge in [-0.2, -0.15) is 4.31 Å². The minimum Gasteiger partial charge on any atom is -0.309 e. The number of nitrogens with one attached hydrogen (secondary N) is 1. The smallest absolute Gasteiger partial charge is 0.243 e. The fourth-order valence-electron chi connectivity index (χ4n) is 3.44. The number of hydrogen-bond acceptors (Lipinski definition) is 4. The van der Waals surface area contributed by atoms with Gasteiger partial charge in [0.2, 0.25) is 10.0 Å². The van der Waals surface area contributed by atoms with Crippen LogP contribution in [0.3, 0.4) is 0 Å². The molecule has 0 aliphatic carbocycles. The Kier molecular flexibility index (Phi) is 4.54. The van der Waals surface area contributed by atoms with Crippen LogP contribution in [0.15, 0.2) is 29.2 Å². The van der Waals surface area contributed by atoms with E-state index >= 15 is 0 Å². The predicted octanol–water partition coefficient (Wildman–Crippen LogP) is 1.26. The summed E-state index contributed by atoms with van der Waals surface area (Å²) in [6, 6.07) is 7.94. The molecule has 2 fully saturated rings. The normalized spacial score (nSPS) is 26.3. The number of hydrogen-bond donors (Lipinski definition) is 1. The molecule has 0 saturated carbocycles. The Hall–Kier alpha value is -0.950. The molecule has 2 aliphatic rings. The molecular weight excluding hydrogens is 298 g/mol. The quantitative estimate of drug-likeness (QED) is 0.906. The molecule has 0 amide bonds. The van der Waals surface area contributed by atoms with Gasteiger partial charge in [0.1, 0.15) is 0 Å². The summed E-state index contributed by atoms with van der Waals surface area (Å²) in [6.07, 6.45) is 3.35. The second kappa shape index (κ2) is 6.28. The molecule has 3 rings (SSSR count). The summed E-state index contributed by atoms with van der Waals surface area (Å²) in [4.78, 5) is 2.48. The van der Waals surface area contributed by atoms with Crippen molar-refractivity contribution in [2.45, 2.75) is 42.8 Å². The van der Waals surface area contributed by atoms with Crippen LogP contribution in [0, 0.1) is 0 Å². The van der Waals surface area contributed by atoms with Crippen molar-refractivity contribution < 1.29 is 8.42 Å². The van der Waals surface area contributed by atoms with E-state index in [0.29, 0.717) is 30.1 Å². The zero-order valence-electron chi connectivity index (χ0n) is 13.3. The zero-order valence-corrected chi connectivity index (χ0v) is 14.1. The van der Waals surface area contributed by atoms with Crippen LogP contribution in [0.1, 0.15) is 24.8 Å². The first kappa shape index (κ1) is 15.9. The van der Waals surface area contributed by atoms with Crippen molar-refractivity contribution in [1.29, 1.82) is 0 Å². The number of piperidine rings is 1. The lowest BCUT2D eigenvalue weighted by molar-refractivity contribution is 0.190. The standard InChI is InChI=1S/C16H25N3O2S/c1-18(2)10-13-6-8-16(9-7-13)22(20,21)19-11-14-4-3-5-15(12-19)17-14/h6-9,14-15,17H,3-5,10-12H2,1-2H3. The number of rotatable bonds is 4. The average Bonchev–Trinajstić information content (AvgIpc) is 2.46. The number of sulfonamides is 1. The molecule has 0 radical (unpaired) electrons. The summed E-state index contributed by atoms with van der Waals surface area (Å²) < 4.78 is 27.3. The van der Waals surface area contributed by atoms with Crippen molar-refractivity contribution in [2.24, 2.45) is 0 Å². The molecule has 1 aromatic carbocycles. The topological polar surface area (TPSA) is 52.7 Å². The van der Waals surface area contributed by atoms with Crippen molar-refractivity contribution in [3.05, 3.63) is 29.8 Å². The van der Waals surface area contributed by atoms with Crippen molar-refractivity contribution in [2.75, 3.05) is 27.2 Å². The molecule has 2 saturated heterocycles. The summed E-state index contributed by atoms with van der Waals surface area (Å²) in [6.45, 7) is 2.01. The second-order valence-corrected chi connectivity index (χ2v) is 8.63. The minimum atomic E-state index is -3.37. The first-order chi connectivity index (χ1) is 10.4. The highest BCUT2D eigenvalue weighted by Gasteiger charge is 2.36. The third kappa shape index (κ3) is 3.35. The maximum absolute atomic E-state index is 12.8. The van der Waals surface area contributed by atoms with E-state index in [-0.39, 0.29) is 0 Å². The number of benzene rings is 1. The molecule has 122 valence electrons. The molecule has 2 unspecified atom stereocenters. The van der Waals surface area contributed by atoms with E-state index in [1.165, 1.54) is 6.42 Å². The van der Waals surface area contributed by atoms with E-state index in [9.17, 15) is 8.42 Å². The van der Waals surface area contributed by atoms with Crippen LogP contribution in [0.25, 0.3) is 0 Å². The molecule has 2 aliphatic heterocycles. The summed E-state index contributed by atoms with van der Waals surface area (Å²) in [5.74, 6) is 0. The predicted molar refractivity (Wildman–Crippen MR) is 87.2 cm³/mol. The van der Waals surface area contributed by atoms with Gasteiger partial charge in [-0.1, -0.05) is 18.6 Å². The number of nitrogens with zero attached hydrogens (tertiary/aromatic N) is 2. The Labute approximate surface area is 133 Å². The Morgan fingerprint density at radius 3 is 2.27 bits per heavy atom. The van der Waals surface area contributed by atoms with E-state index < -0.39 is 10.0 Å². The van der Waals surface area contributed by atoms with Gasteiger partial charge in [0, 0.05) is 31.7 Å². The third-order valence-corrected chi connectivity index (χ3v) is 6.33. The van der Waals surface area contributed by atoms with Crippen LogP contribution in [-0.4, -0.2) is 56.9 Å². The Morgan fingerprint density at radius 2 is 1.73 bits per heavy atom. The largest absolute Gasteiger partial charge is 0.309 e. The summed E-state index contributed by atoms with van der Waals surface area (Å²) in [5.41, 5.74) is 1.13. The number of piperazine rings is 1. The van der Waals surface area contributed by atoms with Gasteiger partial charge in [-0.05, 0) is 44.6 Å². The van der Waals surface area contributed by atoms with Crippen LogP contribution in [0.5, 0.6) is 0 Å². The van der Waals surface area contributed by atoms with Gasteiger partial charge in [-0.25, -0.2) is 8.42 Å². The maximum atomic E-state index is 12.8. The van der Waals surface area contributed by atoms with E-state index in [4.69, 9.17) is 0 Å². The molecule has 22 heavy (non-hydrogen) atoms. The van der Waals surface area contributed by atoms with Crippen molar-refractivity contribution >= 4 is 10.0 Å². The Morgan fingerprint density at radius 1 is 1.14 bits per heavy atom. The SMILES string of the molecule is CN(C)Cc1ccc(S(=O)(=O)N2CC3CCCC(C2)N3)cc1. The van der Waals surface area contributed by atoms with Crippen molar-refractivity contribution in [1.82, 2.24) is 14.5 Å². The van der Waals surface area contributed by atoms with Gasteiger partial charge in [-0.3, -0.25) is 0 Å². The van der Waals surface area contributed by atoms with Gasteiger partial charge in [0.15, 0.2) is 0 Å². The van der Waals surface area contributed by atoms with Gasteiger partial charge >= 0.3 is 0 Å². The fraction of sp³-hybridized carbons (Fsp3) is 0.625. The van der Waals surface area contributed by atoms with E-state index in [1.807, 2.05) is 26.2 Å². The van der Waals surface area contributed by atoms with E-state index in [0.717, 1.165) is 24.9 Å². The Bertz CT molecular complexity index is 601. The maximum Gasteiger partial charge on any atom is 0.243 e. The van der Waals surface area contributed by atoms with Gasteiger partial charge < -0.3 is 10.2 Å². The molecule has 5 nitrogen and oxygen atoms in total. The summed E-state index contributed by atoms with van der Waals surface area (Å²) in [7, 11) is 0.639. The lowest BCUT2D eigenvalue weighted by atomic mass is 9.96. The zero-order chi connectivity index (χ0) is 15.7. The lowest BCUT2D eigenvalue weighted by Gasteiger charge is -2.41. The fourth-order valence-corrected chi connectivity index (χ4v) is 4.97. The van der Waals surface area contributed by atoms with Gasteiger partial charge in [0.25, 0.3) is 0 Å². The molecular formula is C16H25N3O2S. The first-order valence-electron chi connectivity index (χ1n) is 7.95. The van der Waals surface area contributed by atoms with Crippen LogP contribution < -0.4 is 5.32 Å². The first-order valence-corrected chi connectivity index (χ1v) is 9.39. The second-order valence-electron chi connectivity index (χ2n) is 6.70.